The Morgan fingerprint density at radius 3 is 2.54 bits per heavy atom. The lowest BCUT2D eigenvalue weighted by atomic mass is 9.92. The van der Waals surface area contributed by atoms with Gasteiger partial charge in [-0.25, -0.2) is 0 Å². The molecular weight excluding hydrogens is 372 g/mol. The summed E-state index contributed by atoms with van der Waals surface area (Å²) >= 11 is 3.42. The third-order valence-corrected chi connectivity index (χ3v) is 3.99. The van der Waals surface area contributed by atoms with E-state index in [1.165, 1.54) is 0 Å². The maximum absolute atomic E-state index is 12.0. The first kappa shape index (κ1) is 18.3. The van der Waals surface area contributed by atoms with Gasteiger partial charge >= 0.3 is 5.97 Å². The van der Waals surface area contributed by atoms with Gasteiger partial charge in [0.1, 0.15) is 17.1 Å². The minimum Gasteiger partial charge on any atom is -0.508 e. The normalized spacial score (nSPS) is 13.1. The molecule has 4 nitrogen and oxygen atoms in total. The summed E-state index contributed by atoms with van der Waals surface area (Å²) in [4.78, 5) is 12.0. The molecule has 5 heteroatoms. The molecular formula is C19H21BrO4. The van der Waals surface area contributed by atoms with E-state index in [4.69, 9.17) is 9.47 Å². The van der Waals surface area contributed by atoms with E-state index in [0.29, 0.717) is 18.8 Å². The van der Waals surface area contributed by atoms with Crippen LogP contribution < -0.4 is 4.74 Å². The third-order valence-electron chi connectivity index (χ3n) is 3.50. The van der Waals surface area contributed by atoms with Crippen LogP contribution in [0.15, 0.2) is 53.0 Å². The number of rotatable bonds is 7. The van der Waals surface area contributed by atoms with Gasteiger partial charge in [0.2, 0.25) is 0 Å². The zero-order valence-corrected chi connectivity index (χ0v) is 15.4. The van der Waals surface area contributed by atoms with Crippen LogP contribution in [0.2, 0.25) is 0 Å². The van der Waals surface area contributed by atoms with Crippen molar-refractivity contribution in [2.45, 2.75) is 32.3 Å². The quantitative estimate of drug-likeness (QED) is 0.705. The lowest BCUT2D eigenvalue weighted by Crippen LogP contribution is -2.38. The number of ether oxygens (including phenoxy) is 2. The molecule has 0 spiro atoms. The van der Waals surface area contributed by atoms with E-state index < -0.39 is 5.60 Å². The summed E-state index contributed by atoms with van der Waals surface area (Å²) in [5.41, 5.74) is 0.207. The summed E-state index contributed by atoms with van der Waals surface area (Å²) in [6, 6.07) is 14.4. The number of hydrogen-bond donors (Lipinski definition) is 1. The van der Waals surface area contributed by atoms with Gasteiger partial charge in [-0.2, -0.15) is 0 Å². The largest absolute Gasteiger partial charge is 0.508 e. The van der Waals surface area contributed by atoms with Crippen molar-refractivity contribution < 1.29 is 19.4 Å². The molecule has 2 aromatic rings. The predicted molar refractivity (Wildman–Crippen MR) is 96.2 cm³/mol. The summed E-state index contributed by atoms with van der Waals surface area (Å²) in [6.45, 7) is 4.01. The Balaban J connectivity index is 2.22. The molecule has 0 radical (unpaired) electrons. The fourth-order valence-electron chi connectivity index (χ4n) is 2.51. The van der Waals surface area contributed by atoms with Gasteiger partial charge in [-0.3, -0.25) is 4.79 Å². The van der Waals surface area contributed by atoms with Crippen molar-refractivity contribution in [2.24, 2.45) is 0 Å². The first-order valence-corrected chi connectivity index (χ1v) is 8.57. The van der Waals surface area contributed by atoms with Gasteiger partial charge in [-0.05, 0) is 49.7 Å². The molecule has 0 saturated heterocycles. The van der Waals surface area contributed by atoms with E-state index in [-0.39, 0.29) is 18.1 Å². The average molecular weight is 393 g/mol. The summed E-state index contributed by atoms with van der Waals surface area (Å²) in [5.74, 6) is 0.586. The van der Waals surface area contributed by atoms with E-state index in [1.54, 1.807) is 19.1 Å². The fraction of sp³-hybridized carbons (Fsp3) is 0.316. The number of carbonyl (C=O) groups excluding carboxylic acids is 1. The smallest absolute Gasteiger partial charge is 0.309 e. The van der Waals surface area contributed by atoms with Crippen LogP contribution in [0.4, 0.5) is 0 Å². The zero-order valence-electron chi connectivity index (χ0n) is 13.8. The van der Waals surface area contributed by atoms with Crippen molar-refractivity contribution in [3.8, 4) is 11.5 Å². The highest BCUT2D eigenvalue weighted by Crippen LogP contribution is 2.28. The lowest BCUT2D eigenvalue weighted by Gasteiger charge is -2.30. The first-order valence-electron chi connectivity index (χ1n) is 7.78. The number of halogens is 1. The van der Waals surface area contributed by atoms with Gasteiger partial charge < -0.3 is 14.6 Å². The maximum Gasteiger partial charge on any atom is 0.309 e. The number of phenolic OH excluding ortho intramolecular Hbond substituents is 1. The molecule has 0 aliphatic carbocycles. The number of aromatic hydroxyl groups is 1. The Kier molecular flexibility index (Phi) is 6.26. The van der Waals surface area contributed by atoms with Gasteiger partial charge in [0.25, 0.3) is 0 Å². The standard InChI is InChI=1S/C19H21BrO4/c1-3-23-18(22)13-19(2,12-14-7-9-16(21)10-8-14)24-17-6-4-5-15(20)11-17/h4-11,21H,3,12-13H2,1-2H3. The maximum atomic E-state index is 12.0. The highest BCUT2D eigenvalue weighted by molar-refractivity contribution is 9.10. The molecule has 0 aromatic heterocycles. The van der Waals surface area contributed by atoms with E-state index in [9.17, 15) is 9.90 Å². The summed E-state index contributed by atoms with van der Waals surface area (Å²) in [5, 5.41) is 9.43. The molecule has 2 aromatic carbocycles. The van der Waals surface area contributed by atoms with Crippen LogP contribution in [-0.2, 0) is 16.0 Å². The van der Waals surface area contributed by atoms with Gasteiger partial charge in [0, 0.05) is 10.9 Å². The summed E-state index contributed by atoms with van der Waals surface area (Å²) in [7, 11) is 0. The Morgan fingerprint density at radius 2 is 1.92 bits per heavy atom. The lowest BCUT2D eigenvalue weighted by molar-refractivity contribution is -0.147. The van der Waals surface area contributed by atoms with Crippen molar-refractivity contribution in [2.75, 3.05) is 6.61 Å². The minimum absolute atomic E-state index is 0.133. The van der Waals surface area contributed by atoms with E-state index in [2.05, 4.69) is 15.9 Å². The first-order chi connectivity index (χ1) is 11.4. The van der Waals surface area contributed by atoms with E-state index in [1.807, 2.05) is 43.3 Å². The summed E-state index contributed by atoms with van der Waals surface area (Å²) < 4.78 is 12.1. The highest BCUT2D eigenvalue weighted by Gasteiger charge is 2.31. The monoisotopic (exact) mass is 392 g/mol. The summed E-state index contributed by atoms with van der Waals surface area (Å²) in [6.07, 6.45) is 0.646. The van der Waals surface area contributed by atoms with E-state index >= 15 is 0 Å². The molecule has 0 amide bonds. The molecule has 2 rings (SSSR count). The Bertz CT molecular complexity index is 684. The molecule has 0 heterocycles. The molecule has 0 aliphatic heterocycles. The van der Waals surface area contributed by atoms with Crippen LogP contribution in [0.1, 0.15) is 25.8 Å². The van der Waals surface area contributed by atoms with Gasteiger partial charge in [0.05, 0.1) is 13.0 Å². The Labute approximate surface area is 150 Å². The third kappa shape index (κ3) is 5.57. The molecule has 0 fully saturated rings. The van der Waals surface area contributed by atoms with Crippen molar-refractivity contribution in [3.05, 3.63) is 58.6 Å². The molecule has 0 saturated carbocycles. The molecule has 24 heavy (non-hydrogen) atoms. The van der Waals surface area contributed by atoms with Gasteiger partial charge in [0.15, 0.2) is 0 Å². The van der Waals surface area contributed by atoms with Crippen LogP contribution in [0, 0.1) is 0 Å². The second kappa shape index (κ2) is 8.20. The minimum atomic E-state index is -0.760. The Hall–Kier alpha value is -2.01. The SMILES string of the molecule is CCOC(=O)CC(C)(Cc1ccc(O)cc1)Oc1cccc(Br)c1. The van der Waals surface area contributed by atoms with Crippen molar-refractivity contribution in [3.63, 3.8) is 0 Å². The number of phenols is 1. The molecule has 0 aliphatic rings. The van der Waals surface area contributed by atoms with Crippen molar-refractivity contribution in [1.29, 1.82) is 0 Å². The second-order valence-corrected chi connectivity index (χ2v) is 6.75. The molecule has 1 atom stereocenters. The molecule has 1 N–H and O–H groups in total. The van der Waals surface area contributed by atoms with Crippen LogP contribution in [0.5, 0.6) is 11.5 Å². The zero-order chi connectivity index (χ0) is 17.6. The average Bonchev–Trinajstić information content (AvgIpc) is 2.49. The molecule has 1 unspecified atom stereocenters. The Morgan fingerprint density at radius 1 is 1.21 bits per heavy atom. The fourth-order valence-corrected chi connectivity index (χ4v) is 2.89. The second-order valence-electron chi connectivity index (χ2n) is 5.83. The number of carbonyl (C=O) groups is 1. The number of hydrogen-bond acceptors (Lipinski definition) is 4. The molecule has 0 bridgehead atoms. The van der Waals surface area contributed by atoms with Crippen LogP contribution in [0.25, 0.3) is 0 Å². The predicted octanol–water partition coefficient (Wildman–Crippen LogP) is 4.49. The van der Waals surface area contributed by atoms with Crippen molar-refractivity contribution in [1.82, 2.24) is 0 Å². The van der Waals surface area contributed by atoms with Crippen LogP contribution in [0.3, 0.4) is 0 Å². The number of esters is 1. The molecule has 128 valence electrons. The van der Waals surface area contributed by atoms with Gasteiger partial charge in [-0.15, -0.1) is 0 Å². The van der Waals surface area contributed by atoms with Crippen LogP contribution in [-0.4, -0.2) is 23.3 Å². The van der Waals surface area contributed by atoms with E-state index in [0.717, 1.165) is 10.0 Å². The highest BCUT2D eigenvalue weighted by atomic mass is 79.9. The van der Waals surface area contributed by atoms with Crippen molar-refractivity contribution >= 4 is 21.9 Å². The van der Waals surface area contributed by atoms with Gasteiger partial charge in [-0.1, -0.05) is 34.1 Å². The van der Waals surface area contributed by atoms with Crippen LogP contribution >= 0.6 is 15.9 Å². The number of benzene rings is 2. The topological polar surface area (TPSA) is 55.8 Å².